The Morgan fingerprint density at radius 3 is 2.56 bits per heavy atom. The number of aromatic hydroxyl groups is 1. The van der Waals surface area contributed by atoms with Crippen molar-refractivity contribution in [2.45, 2.75) is 27.7 Å². The lowest BCUT2D eigenvalue weighted by Gasteiger charge is -2.04. The number of nitrogens with one attached hydrogen (secondary N) is 1. The van der Waals surface area contributed by atoms with Gasteiger partial charge in [0.15, 0.2) is 0 Å². The Morgan fingerprint density at radius 1 is 1.19 bits per heavy atom. The van der Waals surface area contributed by atoms with Crippen LogP contribution in [0, 0.1) is 27.7 Å². The second kappa shape index (κ2) is 7.67. The number of rotatable bonds is 4. The van der Waals surface area contributed by atoms with Gasteiger partial charge < -0.3 is 5.11 Å². The summed E-state index contributed by atoms with van der Waals surface area (Å²) < 4.78 is 0. The Labute approximate surface area is 161 Å². The molecule has 0 fully saturated rings. The summed E-state index contributed by atoms with van der Waals surface area (Å²) in [5.74, 6) is -0.0397. The number of carbonyl (C=O) groups is 1. The average Bonchev–Trinajstić information content (AvgIpc) is 3.01. The maximum Gasteiger partial charge on any atom is 0.283 e. The number of thiazole rings is 1. The Kier molecular flexibility index (Phi) is 5.32. The number of phenolic OH excluding ortho intramolecular Hbond substituents is 1. The number of pyridine rings is 1. The molecular weight excluding hydrogens is 360 g/mol. The zero-order valence-corrected chi connectivity index (χ0v) is 16.4. The molecule has 0 saturated carbocycles. The third-order valence-electron chi connectivity index (χ3n) is 4.11. The standard InChI is InChI=1S/C20H20N4O2S/c1-11-6-5-7-21-16(11)20-23-14(4)18(27-20)19(26)24-22-10-15-8-12(2)17(25)13(3)9-15/h5-10,25H,1-4H3,(H,24,26)/b22-10+. The zero-order chi connectivity index (χ0) is 19.6. The van der Waals surface area contributed by atoms with Crippen LogP contribution in [0.15, 0.2) is 35.6 Å². The summed E-state index contributed by atoms with van der Waals surface area (Å²) in [6.07, 6.45) is 3.27. The average molecular weight is 380 g/mol. The fourth-order valence-electron chi connectivity index (χ4n) is 2.70. The maximum absolute atomic E-state index is 12.5. The van der Waals surface area contributed by atoms with E-state index in [1.165, 1.54) is 11.3 Å². The predicted molar refractivity (Wildman–Crippen MR) is 107 cm³/mol. The number of nitrogens with zero attached hydrogens (tertiary/aromatic N) is 3. The molecule has 2 aromatic heterocycles. The van der Waals surface area contributed by atoms with Crippen molar-refractivity contribution < 1.29 is 9.90 Å². The molecule has 1 aromatic carbocycles. The van der Waals surface area contributed by atoms with Gasteiger partial charge in [-0.15, -0.1) is 11.3 Å². The Hall–Kier alpha value is -3.06. The highest BCUT2D eigenvalue weighted by atomic mass is 32.1. The summed E-state index contributed by atoms with van der Waals surface area (Å²) in [6.45, 7) is 7.40. The molecule has 0 saturated heterocycles. The number of hydrazone groups is 1. The van der Waals surface area contributed by atoms with Crippen LogP contribution < -0.4 is 5.43 Å². The minimum atomic E-state index is -0.312. The molecule has 0 aliphatic carbocycles. The molecular formula is C20H20N4O2S. The van der Waals surface area contributed by atoms with Gasteiger partial charge in [-0.25, -0.2) is 10.4 Å². The lowest BCUT2D eigenvalue weighted by Crippen LogP contribution is -2.17. The highest BCUT2D eigenvalue weighted by molar-refractivity contribution is 7.17. The Balaban J connectivity index is 1.76. The van der Waals surface area contributed by atoms with Crippen LogP contribution in [0.3, 0.4) is 0 Å². The molecule has 3 aromatic rings. The summed E-state index contributed by atoms with van der Waals surface area (Å²) in [7, 11) is 0. The molecule has 0 bridgehead atoms. The van der Waals surface area contributed by atoms with Gasteiger partial charge in [0.05, 0.1) is 11.9 Å². The molecule has 1 amide bonds. The smallest absolute Gasteiger partial charge is 0.283 e. The Bertz CT molecular complexity index is 1020. The van der Waals surface area contributed by atoms with Crippen molar-refractivity contribution in [1.29, 1.82) is 0 Å². The van der Waals surface area contributed by atoms with E-state index in [1.54, 1.807) is 31.5 Å². The van der Waals surface area contributed by atoms with Gasteiger partial charge >= 0.3 is 0 Å². The molecule has 7 heteroatoms. The van der Waals surface area contributed by atoms with Crippen LogP contribution in [0.2, 0.25) is 0 Å². The number of hydrogen-bond donors (Lipinski definition) is 2. The van der Waals surface area contributed by atoms with E-state index in [4.69, 9.17) is 0 Å². The topological polar surface area (TPSA) is 87.5 Å². The van der Waals surface area contributed by atoms with E-state index in [0.717, 1.165) is 27.9 Å². The predicted octanol–water partition coefficient (Wildman–Crippen LogP) is 3.91. The molecule has 6 nitrogen and oxygen atoms in total. The number of carbonyl (C=O) groups excluding carboxylic acids is 1. The number of aromatic nitrogens is 2. The fourth-order valence-corrected chi connectivity index (χ4v) is 3.72. The molecule has 3 rings (SSSR count). The van der Waals surface area contributed by atoms with E-state index in [2.05, 4.69) is 20.5 Å². The van der Waals surface area contributed by atoms with Gasteiger partial charge in [0.1, 0.15) is 21.3 Å². The first-order chi connectivity index (χ1) is 12.9. The summed E-state index contributed by atoms with van der Waals surface area (Å²) in [5, 5.41) is 14.6. The maximum atomic E-state index is 12.5. The van der Waals surface area contributed by atoms with Crippen LogP contribution >= 0.6 is 11.3 Å². The van der Waals surface area contributed by atoms with Crippen LogP contribution in [0.4, 0.5) is 0 Å². The van der Waals surface area contributed by atoms with Crippen LogP contribution in [0.5, 0.6) is 5.75 Å². The number of amides is 1. The van der Waals surface area contributed by atoms with Gasteiger partial charge in [-0.2, -0.15) is 5.10 Å². The molecule has 0 aliphatic rings. The largest absolute Gasteiger partial charge is 0.507 e. The molecule has 0 radical (unpaired) electrons. The first-order valence-electron chi connectivity index (χ1n) is 8.40. The van der Waals surface area contributed by atoms with Crippen LogP contribution in [0.25, 0.3) is 10.7 Å². The summed E-state index contributed by atoms with van der Waals surface area (Å²) >= 11 is 1.30. The molecule has 138 valence electrons. The third-order valence-corrected chi connectivity index (χ3v) is 5.27. The first-order valence-corrected chi connectivity index (χ1v) is 9.21. The summed E-state index contributed by atoms with van der Waals surface area (Å²) in [5.41, 5.74) is 7.29. The normalized spacial score (nSPS) is 11.1. The van der Waals surface area contributed by atoms with Crippen LogP contribution in [0.1, 0.15) is 37.6 Å². The zero-order valence-electron chi connectivity index (χ0n) is 15.6. The van der Waals surface area contributed by atoms with Crippen molar-refractivity contribution in [1.82, 2.24) is 15.4 Å². The van der Waals surface area contributed by atoms with E-state index >= 15 is 0 Å². The van der Waals surface area contributed by atoms with Gasteiger partial charge in [-0.1, -0.05) is 6.07 Å². The van der Waals surface area contributed by atoms with E-state index in [-0.39, 0.29) is 11.7 Å². The van der Waals surface area contributed by atoms with E-state index in [0.29, 0.717) is 15.6 Å². The van der Waals surface area contributed by atoms with Crippen molar-refractivity contribution in [3.63, 3.8) is 0 Å². The molecule has 0 aliphatic heterocycles. The molecule has 0 unspecified atom stereocenters. The second-order valence-electron chi connectivity index (χ2n) is 6.30. The van der Waals surface area contributed by atoms with E-state index in [1.807, 2.05) is 32.9 Å². The second-order valence-corrected chi connectivity index (χ2v) is 7.30. The van der Waals surface area contributed by atoms with Gasteiger partial charge in [-0.05, 0) is 68.1 Å². The monoisotopic (exact) mass is 380 g/mol. The number of hydrogen-bond acceptors (Lipinski definition) is 6. The van der Waals surface area contributed by atoms with E-state index < -0.39 is 0 Å². The number of benzene rings is 1. The van der Waals surface area contributed by atoms with Gasteiger partial charge in [0.25, 0.3) is 5.91 Å². The molecule has 0 spiro atoms. The van der Waals surface area contributed by atoms with Gasteiger partial charge in [-0.3, -0.25) is 9.78 Å². The SMILES string of the molecule is Cc1cccnc1-c1nc(C)c(C(=O)N/N=C/c2cc(C)c(O)c(C)c2)s1. The highest BCUT2D eigenvalue weighted by Gasteiger charge is 2.17. The lowest BCUT2D eigenvalue weighted by atomic mass is 10.1. The van der Waals surface area contributed by atoms with Crippen LogP contribution in [-0.4, -0.2) is 27.2 Å². The van der Waals surface area contributed by atoms with Gasteiger partial charge in [0, 0.05) is 6.20 Å². The highest BCUT2D eigenvalue weighted by Crippen LogP contribution is 2.28. The van der Waals surface area contributed by atoms with Crippen molar-refractivity contribution in [2.24, 2.45) is 5.10 Å². The molecule has 2 heterocycles. The number of phenols is 1. The Morgan fingerprint density at radius 2 is 1.89 bits per heavy atom. The van der Waals surface area contributed by atoms with E-state index in [9.17, 15) is 9.90 Å². The minimum absolute atomic E-state index is 0.272. The van der Waals surface area contributed by atoms with Gasteiger partial charge in [0.2, 0.25) is 0 Å². The molecule has 2 N–H and O–H groups in total. The molecule has 0 atom stereocenters. The number of aryl methyl sites for hydroxylation is 4. The first kappa shape index (κ1) is 18.7. The quantitative estimate of drug-likeness (QED) is 0.531. The summed E-state index contributed by atoms with van der Waals surface area (Å²) in [4.78, 5) is 21.8. The summed E-state index contributed by atoms with van der Waals surface area (Å²) in [6, 6.07) is 7.44. The van der Waals surface area contributed by atoms with Crippen molar-refractivity contribution >= 4 is 23.5 Å². The van der Waals surface area contributed by atoms with Crippen LogP contribution in [-0.2, 0) is 0 Å². The lowest BCUT2D eigenvalue weighted by molar-refractivity contribution is 0.0958. The third kappa shape index (κ3) is 4.03. The molecule has 27 heavy (non-hydrogen) atoms. The van der Waals surface area contributed by atoms with Crippen molar-refractivity contribution in [3.05, 3.63) is 63.3 Å². The minimum Gasteiger partial charge on any atom is -0.507 e. The van der Waals surface area contributed by atoms with Crippen molar-refractivity contribution in [3.8, 4) is 16.5 Å². The van der Waals surface area contributed by atoms with Crippen molar-refractivity contribution in [2.75, 3.05) is 0 Å². The fraction of sp³-hybridized carbons (Fsp3) is 0.200.